The maximum absolute atomic E-state index is 11.8. The molecule has 1 aromatic carbocycles. The summed E-state index contributed by atoms with van der Waals surface area (Å²) in [6.45, 7) is 3.45. The first kappa shape index (κ1) is 13.2. The van der Waals surface area contributed by atoms with Crippen molar-refractivity contribution in [2.45, 2.75) is 32.3 Å². The van der Waals surface area contributed by atoms with E-state index in [1.807, 2.05) is 6.20 Å². The summed E-state index contributed by atoms with van der Waals surface area (Å²) in [5.41, 5.74) is 3.65. The highest BCUT2D eigenvalue weighted by atomic mass is 16.5. The molecule has 0 saturated carbocycles. The topological polar surface area (TPSA) is 54.1 Å². The fraction of sp³-hybridized carbons (Fsp3) is 0.438. The van der Waals surface area contributed by atoms with E-state index in [1.54, 1.807) is 0 Å². The molecular weight excluding hydrogens is 252 g/mol. The molecule has 0 spiro atoms. The van der Waals surface area contributed by atoms with Gasteiger partial charge in [-0.2, -0.15) is 0 Å². The summed E-state index contributed by atoms with van der Waals surface area (Å²) in [6, 6.07) is 6.38. The van der Waals surface area contributed by atoms with Crippen molar-refractivity contribution in [2.24, 2.45) is 0 Å². The molecule has 0 unspecified atom stereocenters. The largest absolute Gasteiger partial charge is 0.368 e. The summed E-state index contributed by atoms with van der Waals surface area (Å²) < 4.78 is 5.37. The van der Waals surface area contributed by atoms with Gasteiger partial charge in [-0.3, -0.25) is 4.79 Å². The van der Waals surface area contributed by atoms with Gasteiger partial charge in [0.1, 0.15) is 6.10 Å². The second-order valence-electron chi connectivity index (χ2n) is 5.41. The van der Waals surface area contributed by atoms with Gasteiger partial charge in [0, 0.05) is 30.3 Å². The van der Waals surface area contributed by atoms with E-state index in [0.717, 1.165) is 24.8 Å². The van der Waals surface area contributed by atoms with Crippen molar-refractivity contribution in [3.8, 4) is 0 Å². The zero-order chi connectivity index (χ0) is 13.9. The Labute approximate surface area is 118 Å². The van der Waals surface area contributed by atoms with Crippen molar-refractivity contribution in [3.63, 3.8) is 0 Å². The van der Waals surface area contributed by atoms with Gasteiger partial charge in [-0.15, -0.1) is 0 Å². The minimum absolute atomic E-state index is 0.0264. The number of H-pyrrole nitrogens is 1. The van der Waals surface area contributed by atoms with Crippen molar-refractivity contribution in [1.29, 1.82) is 0 Å². The molecule has 0 radical (unpaired) electrons. The van der Waals surface area contributed by atoms with Crippen LogP contribution in [0.15, 0.2) is 24.4 Å². The highest BCUT2D eigenvalue weighted by Crippen LogP contribution is 2.20. The third-order valence-corrected chi connectivity index (χ3v) is 3.84. The molecule has 1 saturated heterocycles. The molecule has 106 valence electrons. The molecule has 20 heavy (non-hydrogen) atoms. The molecule has 0 bridgehead atoms. The average Bonchev–Trinajstić information content (AvgIpc) is 3.08. The third-order valence-electron chi connectivity index (χ3n) is 3.84. The first-order chi connectivity index (χ1) is 9.74. The Kier molecular flexibility index (Phi) is 3.74. The molecule has 1 aromatic heterocycles. The fourth-order valence-corrected chi connectivity index (χ4v) is 2.72. The first-order valence-corrected chi connectivity index (χ1v) is 7.20. The van der Waals surface area contributed by atoms with Crippen LogP contribution in [0.2, 0.25) is 0 Å². The number of carbonyl (C=O) groups is 1. The summed E-state index contributed by atoms with van der Waals surface area (Å²) in [5, 5.41) is 4.21. The van der Waals surface area contributed by atoms with Gasteiger partial charge in [-0.25, -0.2) is 0 Å². The molecule has 2 heterocycles. The van der Waals surface area contributed by atoms with Gasteiger partial charge in [0.05, 0.1) is 0 Å². The van der Waals surface area contributed by atoms with E-state index in [1.165, 1.54) is 16.5 Å². The Morgan fingerprint density at radius 1 is 1.50 bits per heavy atom. The number of hydrogen-bond acceptors (Lipinski definition) is 2. The Bertz CT molecular complexity index is 612. The van der Waals surface area contributed by atoms with Crippen LogP contribution in [0.5, 0.6) is 0 Å². The van der Waals surface area contributed by atoms with Crippen LogP contribution in [0.3, 0.4) is 0 Å². The Balaban J connectivity index is 1.59. The van der Waals surface area contributed by atoms with Crippen LogP contribution in [0.1, 0.15) is 24.0 Å². The van der Waals surface area contributed by atoms with Crippen LogP contribution in [0.4, 0.5) is 0 Å². The number of nitrogens with one attached hydrogen (secondary N) is 2. The van der Waals surface area contributed by atoms with E-state index in [0.29, 0.717) is 13.2 Å². The number of fused-ring (bicyclic) bond motifs is 1. The van der Waals surface area contributed by atoms with Crippen LogP contribution in [0, 0.1) is 6.92 Å². The van der Waals surface area contributed by atoms with E-state index in [-0.39, 0.29) is 12.0 Å². The summed E-state index contributed by atoms with van der Waals surface area (Å²) in [5.74, 6) is 0.0264. The van der Waals surface area contributed by atoms with Crippen molar-refractivity contribution >= 4 is 16.8 Å². The number of aromatic nitrogens is 1. The quantitative estimate of drug-likeness (QED) is 0.897. The summed E-state index contributed by atoms with van der Waals surface area (Å²) in [6.07, 6.45) is 4.46. The Morgan fingerprint density at radius 2 is 2.40 bits per heavy atom. The molecule has 1 atom stereocenters. The van der Waals surface area contributed by atoms with Gasteiger partial charge in [-0.1, -0.05) is 11.6 Å². The van der Waals surface area contributed by atoms with Crippen LogP contribution < -0.4 is 5.32 Å². The molecule has 4 nitrogen and oxygen atoms in total. The van der Waals surface area contributed by atoms with E-state index >= 15 is 0 Å². The number of benzene rings is 1. The van der Waals surface area contributed by atoms with Crippen molar-refractivity contribution in [1.82, 2.24) is 10.3 Å². The average molecular weight is 272 g/mol. The van der Waals surface area contributed by atoms with Gasteiger partial charge >= 0.3 is 0 Å². The highest BCUT2D eigenvalue weighted by molar-refractivity contribution is 5.84. The van der Waals surface area contributed by atoms with Gasteiger partial charge in [0.2, 0.25) is 5.91 Å². The van der Waals surface area contributed by atoms with Crippen LogP contribution in [-0.4, -0.2) is 30.1 Å². The number of amides is 1. The molecule has 2 N–H and O–H groups in total. The zero-order valence-electron chi connectivity index (χ0n) is 11.7. The zero-order valence-corrected chi connectivity index (χ0v) is 11.7. The van der Waals surface area contributed by atoms with E-state index in [4.69, 9.17) is 4.74 Å². The minimum Gasteiger partial charge on any atom is -0.368 e. The molecule has 4 heteroatoms. The van der Waals surface area contributed by atoms with Gasteiger partial charge in [0.25, 0.3) is 0 Å². The number of carbonyl (C=O) groups excluding carboxylic acids is 1. The molecule has 3 rings (SSSR count). The predicted octanol–water partition coefficient (Wildman–Crippen LogP) is 2.31. The number of rotatable bonds is 4. The minimum atomic E-state index is -0.236. The highest BCUT2D eigenvalue weighted by Gasteiger charge is 2.22. The van der Waals surface area contributed by atoms with Gasteiger partial charge in [0.15, 0.2) is 0 Å². The standard InChI is InChI=1S/C16H20N2O2/c1-11-4-5-14-13(9-11)12(10-18-14)6-7-17-16(19)15-3-2-8-20-15/h4-5,9-10,15,18H,2-3,6-8H2,1H3,(H,17,19)/t15-/m1/s1. The summed E-state index contributed by atoms with van der Waals surface area (Å²) >= 11 is 0. The van der Waals surface area contributed by atoms with Gasteiger partial charge in [-0.05, 0) is 43.9 Å². The lowest BCUT2D eigenvalue weighted by Crippen LogP contribution is -2.35. The molecule has 2 aromatic rings. The molecule has 1 fully saturated rings. The van der Waals surface area contributed by atoms with E-state index in [9.17, 15) is 4.79 Å². The molecule has 1 aliphatic heterocycles. The van der Waals surface area contributed by atoms with E-state index < -0.39 is 0 Å². The second-order valence-corrected chi connectivity index (χ2v) is 5.41. The maximum atomic E-state index is 11.8. The number of aromatic amines is 1. The fourth-order valence-electron chi connectivity index (χ4n) is 2.72. The normalized spacial score (nSPS) is 18.6. The lowest BCUT2D eigenvalue weighted by atomic mass is 10.1. The second kappa shape index (κ2) is 5.67. The monoisotopic (exact) mass is 272 g/mol. The lowest BCUT2D eigenvalue weighted by molar-refractivity contribution is -0.129. The van der Waals surface area contributed by atoms with Crippen LogP contribution >= 0.6 is 0 Å². The lowest BCUT2D eigenvalue weighted by Gasteiger charge is -2.10. The summed E-state index contributed by atoms with van der Waals surface area (Å²) in [7, 11) is 0. The first-order valence-electron chi connectivity index (χ1n) is 7.20. The van der Waals surface area contributed by atoms with Crippen LogP contribution in [0.25, 0.3) is 10.9 Å². The molecular formula is C16H20N2O2. The van der Waals surface area contributed by atoms with Crippen molar-refractivity contribution in [2.75, 3.05) is 13.2 Å². The Hall–Kier alpha value is -1.81. The molecule has 1 amide bonds. The third kappa shape index (κ3) is 2.70. The van der Waals surface area contributed by atoms with Crippen molar-refractivity contribution < 1.29 is 9.53 Å². The predicted molar refractivity (Wildman–Crippen MR) is 78.7 cm³/mol. The number of aryl methyl sites for hydroxylation is 1. The maximum Gasteiger partial charge on any atom is 0.249 e. The molecule has 0 aliphatic carbocycles. The SMILES string of the molecule is Cc1ccc2[nH]cc(CCNC(=O)[C@H]3CCCO3)c2c1. The molecule has 1 aliphatic rings. The Morgan fingerprint density at radius 3 is 3.20 bits per heavy atom. The number of hydrogen-bond donors (Lipinski definition) is 2. The number of ether oxygens (including phenoxy) is 1. The van der Waals surface area contributed by atoms with Crippen molar-refractivity contribution in [3.05, 3.63) is 35.5 Å². The van der Waals surface area contributed by atoms with Crippen LogP contribution in [-0.2, 0) is 16.0 Å². The van der Waals surface area contributed by atoms with Gasteiger partial charge < -0.3 is 15.0 Å². The van der Waals surface area contributed by atoms with E-state index in [2.05, 4.69) is 35.4 Å². The summed E-state index contributed by atoms with van der Waals surface area (Å²) in [4.78, 5) is 15.1. The smallest absolute Gasteiger partial charge is 0.249 e.